The van der Waals surface area contributed by atoms with E-state index in [9.17, 15) is 18.0 Å². The van der Waals surface area contributed by atoms with Gasteiger partial charge in [0, 0.05) is 50.0 Å². The summed E-state index contributed by atoms with van der Waals surface area (Å²) in [4.78, 5) is 41.6. The van der Waals surface area contributed by atoms with Crippen molar-refractivity contribution in [1.29, 1.82) is 0 Å². The lowest BCUT2D eigenvalue weighted by atomic mass is 10.2. The molecule has 1 fully saturated rings. The van der Waals surface area contributed by atoms with E-state index in [2.05, 4.69) is 20.3 Å². The Hall–Kier alpha value is -4.08. The zero-order valence-corrected chi connectivity index (χ0v) is 23.1. The molecule has 0 aliphatic carbocycles. The zero-order chi connectivity index (χ0) is 27.9. The molecule has 0 atom stereocenters. The minimum atomic E-state index is -4.00. The maximum absolute atomic E-state index is 13.8. The number of hydrogen-bond acceptors (Lipinski definition) is 11. The number of fused-ring (bicyclic) bond motifs is 2. The van der Waals surface area contributed by atoms with Gasteiger partial charge in [0.25, 0.3) is 5.56 Å². The van der Waals surface area contributed by atoms with Crippen LogP contribution in [0.1, 0.15) is 10.4 Å². The van der Waals surface area contributed by atoms with Gasteiger partial charge in [0.2, 0.25) is 28.7 Å². The Labute approximate surface area is 233 Å². The Balaban J connectivity index is 1.19. The summed E-state index contributed by atoms with van der Waals surface area (Å²) >= 11 is 1.14. The SMILES string of the molecule is Cc1sc2ncn(CC(=O)NCc3ccc4c(c3)OCO4)c(=O)c2c1S(=O)(=O)N1CCN(c2ncccn2)CC1. The lowest BCUT2D eigenvalue weighted by Gasteiger charge is -2.33. The maximum Gasteiger partial charge on any atom is 0.263 e. The van der Waals surface area contributed by atoms with E-state index >= 15 is 0 Å². The van der Waals surface area contributed by atoms with E-state index in [0.29, 0.717) is 40.2 Å². The van der Waals surface area contributed by atoms with E-state index in [1.54, 1.807) is 37.5 Å². The minimum absolute atomic E-state index is 0.00222. The molecule has 6 rings (SSSR count). The fourth-order valence-corrected chi connectivity index (χ4v) is 7.80. The first-order chi connectivity index (χ1) is 19.3. The van der Waals surface area contributed by atoms with E-state index < -0.39 is 21.5 Å². The fourth-order valence-electron chi connectivity index (χ4n) is 4.71. The molecule has 15 heteroatoms. The molecule has 208 valence electrons. The first kappa shape index (κ1) is 26.2. The second kappa shape index (κ2) is 10.5. The number of aryl methyl sites for hydroxylation is 1. The van der Waals surface area contributed by atoms with Crippen molar-refractivity contribution in [3.05, 3.63) is 63.8 Å². The zero-order valence-electron chi connectivity index (χ0n) is 21.4. The van der Waals surface area contributed by atoms with Crippen molar-refractivity contribution in [1.82, 2.24) is 29.1 Å². The molecule has 4 aromatic rings. The van der Waals surface area contributed by atoms with Gasteiger partial charge in [-0.1, -0.05) is 6.07 Å². The van der Waals surface area contributed by atoms with E-state index in [0.717, 1.165) is 21.5 Å². The first-order valence-corrected chi connectivity index (χ1v) is 14.7. The fraction of sp³-hybridized carbons (Fsp3) is 0.320. The quantitative estimate of drug-likeness (QED) is 0.335. The number of hydrogen-bond donors (Lipinski definition) is 1. The average Bonchev–Trinajstić information content (AvgIpc) is 3.58. The van der Waals surface area contributed by atoms with Gasteiger partial charge < -0.3 is 19.7 Å². The molecule has 0 spiro atoms. The van der Waals surface area contributed by atoms with Crippen LogP contribution in [-0.4, -0.2) is 71.1 Å². The minimum Gasteiger partial charge on any atom is -0.454 e. The number of sulfonamides is 1. The van der Waals surface area contributed by atoms with Crippen molar-refractivity contribution in [2.45, 2.75) is 24.9 Å². The molecule has 3 aromatic heterocycles. The van der Waals surface area contributed by atoms with Gasteiger partial charge >= 0.3 is 0 Å². The van der Waals surface area contributed by atoms with Gasteiger partial charge in [0.1, 0.15) is 16.3 Å². The van der Waals surface area contributed by atoms with Crippen LogP contribution in [-0.2, 0) is 27.9 Å². The third-order valence-electron chi connectivity index (χ3n) is 6.71. The molecule has 1 saturated heterocycles. The molecule has 1 amide bonds. The summed E-state index contributed by atoms with van der Waals surface area (Å²) in [5.74, 6) is 1.37. The molecule has 0 unspecified atom stereocenters. The summed E-state index contributed by atoms with van der Waals surface area (Å²) < 4.78 is 40.7. The van der Waals surface area contributed by atoms with E-state index in [-0.39, 0.29) is 43.3 Å². The van der Waals surface area contributed by atoms with Gasteiger partial charge in [-0.05, 0) is 30.7 Å². The van der Waals surface area contributed by atoms with Crippen LogP contribution in [0.2, 0.25) is 0 Å². The van der Waals surface area contributed by atoms with Crippen molar-refractivity contribution in [2.75, 3.05) is 37.9 Å². The Morgan fingerprint density at radius 2 is 1.82 bits per heavy atom. The van der Waals surface area contributed by atoms with Crippen molar-refractivity contribution in [3.63, 3.8) is 0 Å². The number of rotatable bonds is 7. The maximum atomic E-state index is 13.8. The lowest BCUT2D eigenvalue weighted by molar-refractivity contribution is -0.121. The van der Waals surface area contributed by atoms with Crippen LogP contribution in [0.3, 0.4) is 0 Å². The summed E-state index contributed by atoms with van der Waals surface area (Å²) in [7, 11) is -4.00. The molecule has 0 saturated carbocycles. The molecule has 2 aliphatic rings. The second-order valence-corrected chi connectivity index (χ2v) is 12.3. The Morgan fingerprint density at radius 3 is 2.60 bits per heavy atom. The van der Waals surface area contributed by atoms with Crippen molar-refractivity contribution in [3.8, 4) is 11.5 Å². The molecule has 0 radical (unpaired) electrons. The molecule has 40 heavy (non-hydrogen) atoms. The van der Waals surface area contributed by atoms with Crippen LogP contribution in [0.5, 0.6) is 11.5 Å². The number of nitrogens with one attached hydrogen (secondary N) is 1. The molecular weight excluding hydrogens is 558 g/mol. The highest BCUT2D eigenvalue weighted by Gasteiger charge is 2.34. The smallest absolute Gasteiger partial charge is 0.263 e. The first-order valence-electron chi connectivity index (χ1n) is 12.5. The van der Waals surface area contributed by atoms with Gasteiger partial charge in [-0.25, -0.2) is 23.4 Å². The monoisotopic (exact) mass is 583 g/mol. The molecule has 1 aromatic carbocycles. The van der Waals surface area contributed by atoms with Gasteiger partial charge in [-0.2, -0.15) is 4.31 Å². The van der Waals surface area contributed by atoms with Gasteiger partial charge in [0.05, 0.1) is 11.7 Å². The second-order valence-electron chi connectivity index (χ2n) is 9.25. The van der Waals surface area contributed by atoms with Gasteiger partial charge in [-0.3, -0.25) is 14.2 Å². The number of aromatic nitrogens is 4. The Kier molecular flexibility index (Phi) is 6.85. The van der Waals surface area contributed by atoms with Crippen LogP contribution in [0.25, 0.3) is 10.2 Å². The predicted octanol–water partition coefficient (Wildman–Crippen LogP) is 1.11. The topological polar surface area (TPSA) is 149 Å². The molecule has 5 heterocycles. The van der Waals surface area contributed by atoms with Gasteiger partial charge in [-0.15, -0.1) is 11.3 Å². The Bertz CT molecular complexity index is 1750. The number of thiophene rings is 1. The summed E-state index contributed by atoms with van der Waals surface area (Å²) in [6.07, 6.45) is 4.56. The highest BCUT2D eigenvalue weighted by molar-refractivity contribution is 7.89. The van der Waals surface area contributed by atoms with Crippen LogP contribution < -0.4 is 25.2 Å². The van der Waals surface area contributed by atoms with Crippen LogP contribution in [0.15, 0.2) is 52.7 Å². The number of piperazine rings is 1. The number of anilines is 1. The summed E-state index contributed by atoms with van der Waals surface area (Å²) in [6, 6.07) is 7.08. The standard InChI is InChI=1S/C25H25N7O6S2/c1-16-22(40(35,36)32-9-7-30(8-10-32)25-26-5-2-6-27-25)21-23(39-16)29-14-31(24(21)34)13-20(33)28-12-17-3-4-18-19(11-17)38-15-37-18/h2-6,11,14H,7-10,12-13,15H2,1H3,(H,28,33). The van der Waals surface area contributed by atoms with Crippen LogP contribution in [0.4, 0.5) is 5.95 Å². The highest BCUT2D eigenvalue weighted by Crippen LogP contribution is 2.34. The highest BCUT2D eigenvalue weighted by atomic mass is 32.2. The molecule has 2 aliphatic heterocycles. The molecular formula is C25H25N7O6S2. The third-order valence-corrected chi connectivity index (χ3v) is 9.93. The largest absolute Gasteiger partial charge is 0.454 e. The Morgan fingerprint density at radius 1 is 1.07 bits per heavy atom. The van der Waals surface area contributed by atoms with E-state index in [4.69, 9.17) is 9.47 Å². The lowest BCUT2D eigenvalue weighted by Crippen LogP contribution is -2.49. The molecule has 1 N–H and O–H groups in total. The normalized spacial score (nSPS) is 15.5. The summed E-state index contributed by atoms with van der Waals surface area (Å²) in [5.41, 5.74) is 0.224. The number of ether oxygens (including phenoxy) is 2. The van der Waals surface area contributed by atoms with Crippen molar-refractivity contribution in [2.24, 2.45) is 0 Å². The summed E-state index contributed by atoms with van der Waals surface area (Å²) in [5, 5.41) is 2.77. The number of amides is 1. The van der Waals surface area contributed by atoms with Crippen LogP contribution >= 0.6 is 11.3 Å². The predicted molar refractivity (Wildman–Crippen MR) is 146 cm³/mol. The van der Waals surface area contributed by atoms with Crippen LogP contribution in [0, 0.1) is 6.92 Å². The number of carbonyl (C=O) groups excluding carboxylic acids is 1. The van der Waals surface area contributed by atoms with E-state index in [1.165, 1.54) is 10.6 Å². The van der Waals surface area contributed by atoms with Gasteiger partial charge in [0.15, 0.2) is 11.5 Å². The summed E-state index contributed by atoms with van der Waals surface area (Å²) in [6.45, 7) is 2.99. The number of benzene rings is 1. The third kappa shape index (κ3) is 4.87. The molecule has 0 bridgehead atoms. The number of nitrogens with zero attached hydrogens (tertiary/aromatic N) is 6. The number of carbonyl (C=O) groups is 1. The molecule has 13 nitrogen and oxygen atoms in total. The van der Waals surface area contributed by atoms with Crippen molar-refractivity contribution >= 4 is 43.4 Å². The average molecular weight is 584 g/mol. The van der Waals surface area contributed by atoms with Crippen molar-refractivity contribution < 1.29 is 22.7 Å². The van der Waals surface area contributed by atoms with E-state index in [1.807, 2.05) is 11.0 Å².